The Balaban J connectivity index is 1.62. The molecule has 1 aliphatic carbocycles. The van der Waals surface area contributed by atoms with Crippen LogP contribution in [0.5, 0.6) is 0 Å². The highest BCUT2D eigenvalue weighted by Gasteiger charge is 2.29. The van der Waals surface area contributed by atoms with Crippen molar-refractivity contribution in [1.82, 2.24) is 10.2 Å². The van der Waals surface area contributed by atoms with E-state index in [1.54, 1.807) is 0 Å². The molecule has 0 bridgehead atoms. The molecule has 1 aliphatic rings. The van der Waals surface area contributed by atoms with Gasteiger partial charge in [-0.05, 0) is 32.3 Å². The molecule has 2 aromatic heterocycles. The number of esters is 1. The lowest BCUT2D eigenvalue weighted by atomic mass is 10.1. The summed E-state index contributed by atoms with van der Waals surface area (Å²) >= 11 is 2.54. The first-order valence-electron chi connectivity index (χ1n) is 7.44. The van der Waals surface area contributed by atoms with E-state index in [-0.39, 0.29) is 11.7 Å². The van der Waals surface area contributed by atoms with E-state index in [9.17, 15) is 9.59 Å². The van der Waals surface area contributed by atoms with Crippen LogP contribution in [0.1, 0.15) is 45.4 Å². The number of ether oxygens (including phenoxy) is 1. The molecule has 0 unspecified atom stereocenters. The Hall–Kier alpha value is -1.87. The van der Waals surface area contributed by atoms with Gasteiger partial charge in [0, 0.05) is 10.8 Å². The predicted molar refractivity (Wildman–Crippen MR) is 90.8 cm³/mol. The summed E-state index contributed by atoms with van der Waals surface area (Å²) in [5.41, 5.74) is 1.23. The van der Waals surface area contributed by atoms with E-state index in [1.807, 2.05) is 13.8 Å². The van der Waals surface area contributed by atoms with Crippen molar-refractivity contribution in [2.75, 3.05) is 18.2 Å². The Morgan fingerprint density at radius 2 is 2.12 bits per heavy atom. The van der Waals surface area contributed by atoms with Crippen LogP contribution in [-0.4, -0.2) is 34.9 Å². The summed E-state index contributed by atoms with van der Waals surface area (Å²) < 4.78 is 10.3. The molecule has 1 amide bonds. The molecule has 0 aliphatic heterocycles. The number of aromatic nitrogens is 2. The van der Waals surface area contributed by atoms with Crippen molar-refractivity contribution >= 4 is 40.0 Å². The summed E-state index contributed by atoms with van der Waals surface area (Å²) in [4.78, 5) is 25.0. The van der Waals surface area contributed by atoms with Crippen molar-refractivity contribution in [2.45, 2.75) is 37.8 Å². The molecule has 9 heteroatoms. The van der Waals surface area contributed by atoms with Gasteiger partial charge in [0.2, 0.25) is 11.8 Å². The molecule has 1 fully saturated rings. The van der Waals surface area contributed by atoms with Crippen LogP contribution in [-0.2, 0) is 9.53 Å². The number of nitrogens with zero attached hydrogens (tertiary/aromatic N) is 2. The smallest absolute Gasteiger partial charge is 0.341 e. The molecular formula is C15H17N3O4S2. The number of thiophene rings is 1. The normalized spacial score (nSPS) is 13.8. The molecule has 24 heavy (non-hydrogen) atoms. The average Bonchev–Trinajstić information content (AvgIpc) is 3.24. The Bertz CT molecular complexity index is 780. The first kappa shape index (κ1) is 17.0. The minimum absolute atomic E-state index is 0.128. The van der Waals surface area contributed by atoms with Crippen LogP contribution >= 0.6 is 23.1 Å². The van der Waals surface area contributed by atoms with Gasteiger partial charge in [0.05, 0.1) is 18.4 Å². The van der Waals surface area contributed by atoms with E-state index in [0.717, 1.165) is 23.3 Å². The maximum atomic E-state index is 12.2. The quantitative estimate of drug-likeness (QED) is 0.619. The van der Waals surface area contributed by atoms with Crippen LogP contribution in [0.4, 0.5) is 5.00 Å². The van der Waals surface area contributed by atoms with E-state index in [2.05, 4.69) is 15.5 Å². The molecule has 1 saturated carbocycles. The van der Waals surface area contributed by atoms with E-state index < -0.39 is 5.97 Å². The van der Waals surface area contributed by atoms with Gasteiger partial charge in [-0.25, -0.2) is 4.79 Å². The van der Waals surface area contributed by atoms with Gasteiger partial charge in [-0.15, -0.1) is 21.5 Å². The summed E-state index contributed by atoms with van der Waals surface area (Å²) in [6, 6.07) is 0. The summed E-state index contributed by atoms with van der Waals surface area (Å²) in [6.07, 6.45) is 2.17. The standard InChI is InChI=1S/C15H17N3O4S2/c1-7-8(2)24-13(11(7)14(20)21-3)16-10(19)6-23-15-18-17-12(22-15)9-4-5-9/h9H,4-6H2,1-3H3,(H,16,19). The van der Waals surface area contributed by atoms with E-state index >= 15 is 0 Å². The van der Waals surface area contributed by atoms with Gasteiger partial charge in [-0.2, -0.15) is 0 Å². The highest BCUT2D eigenvalue weighted by Crippen LogP contribution is 2.39. The summed E-state index contributed by atoms with van der Waals surface area (Å²) in [7, 11) is 1.32. The minimum atomic E-state index is -0.453. The molecule has 0 aromatic carbocycles. The number of anilines is 1. The Morgan fingerprint density at radius 1 is 1.38 bits per heavy atom. The monoisotopic (exact) mass is 367 g/mol. The number of rotatable bonds is 6. The number of amides is 1. The van der Waals surface area contributed by atoms with Crippen LogP contribution < -0.4 is 5.32 Å². The van der Waals surface area contributed by atoms with E-state index in [0.29, 0.717) is 27.6 Å². The lowest BCUT2D eigenvalue weighted by molar-refractivity contribution is -0.113. The van der Waals surface area contributed by atoms with Gasteiger partial charge in [-0.3, -0.25) is 4.79 Å². The molecule has 0 atom stereocenters. The van der Waals surface area contributed by atoms with Crippen molar-refractivity contribution in [3.63, 3.8) is 0 Å². The van der Waals surface area contributed by atoms with Crippen LogP contribution in [0.25, 0.3) is 0 Å². The molecule has 0 spiro atoms. The average molecular weight is 367 g/mol. The minimum Gasteiger partial charge on any atom is -0.465 e. The van der Waals surface area contributed by atoms with Gasteiger partial charge >= 0.3 is 5.97 Å². The zero-order valence-electron chi connectivity index (χ0n) is 13.5. The van der Waals surface area contributed by atoms with Crippen molar-refractivity contribution in [2.24, 2.45) is 0 Å². The van der Waals surface area contributed by atoms with Crippen molar-refractivity contribution in [3.8, 4) is 0 Å². The first-order valence-corrected chi connectivity index (χ1v) is 9.24. The molecule has 1 N–H and O–H groups in total. The molecule has 128 valence electrons. The molecule has 2 aromatic rings. The number of carbonyl (C=O) groups is 2. The van der Waals surface area contributed by atoms with Crippen LogP contribution in [0.15, 0.2) is 9.64 Å². The number of hydrogen-bond donors (Lipinski definition) is 1. The topological polar surface area (TPSA) is 94.3 Å². The maximum absolute atomic E-state index is 12.2. The fourth-order valence-electron chi connectivity index (χ4n) is 2.13. The third-order valence-corrected chi connectivity index (χ3v) is 5.64. The molecule has 0 saturated heterocycles. The maximum Gasteiger partial charge on any atom is 0.341 e. The second-order valence-corrected chi connectivity index (χ2v) is 7.65. The zero-order chi connectivity index (χ0) is 17.3. The fourth-order valence-corrected chi connectivity index (χ4v) is 3.76. The molecule has 7 nitrogen and oxygen atoms in total. The van der Waals surface area contributed by atoms with Crippen molar-refractivity contribution in [1.29, 1.82) is 0 Å². The van der Waals surface area contributed by atoms with E-state index in [1.165, 1.54) is 30.2 Å². The fraction of sp³-hybridized carbons (Fsp3) is 0.467. The van der Waals surface area contributed by atoms with Gasteiger partial charge in [0.1, 0.15) is 5.00 Å². The number of aryl methyl sites for hydroxylation is 1. The third-order valence-electron chi connectivity index (χ3n) is 3.70. The molecular weight excluding hydrogens is 350 g/mol. The number of thioether (sulfide) groups is 1. The lowest BCUT2D eigenvalue weighted by Crippen LogP contribution is -2.16. The first-order chi connectivity index (χ1) is 11.5. The van der Waals surface area contributed by atoms with Gasteiger partial charge < -0.3 is 14.5 Å². The SMILES string of the molecule is COC(=O)c1c(NC(=O)CSc2nnc(C3CC3)o2)sc(C)c1C. The van der Waals surface area contributed by atoms with Gasteiger partial charge in [-0.1, -0.05) is 11.8 Å². The second kappa shape index (κ2) is 6.94. The second-order valence-electron chi connectivity index (χ2n) is 5.50. The zero-order valence-corrected chi connectivity index (χ0v) is 15.2. The summed E-state index contributed by atoms with van der Waals surface area (Å²) in [5.74, 6) is 0.474. The van der Waals surface area contributed by atoms with Crippen LogP contribution in [0.3, 0.4) is 0 Å². The Morgan fingerprint density at radius 3 is 2.79 bits per heavy atom. The largest absolute Gasteiger partial charge is 0.465 e. The van der Waals surface area contributed by atoms with Crippen molar-refractivity contribution < 1.29 is 18.7 Å². The van der Waals surface area contributed by atoms with Gasteiger partial charge in [0.15, 0.2) is 0 Å². The highest BCUT2D eigenvalue weighted by atomic mass is 32.2. The molecule has 2 heterocycles. The van der Waals surface area contributed by atoms with Crippen molar-refractivity contribution in [3.05, 3.63) is 21.9 Å². The van der Waals surface area contributed by atoms with Crippen LogP contribution in [0.2, 0.25) is 0 Å². The summed E-state index contributed by atoms with van der Waals surface area (Å²) in [6.45, 7) is 3.73. The number of carbonyl (C=O) groups excluding carboxylic acids is 2. The van der Waals surface area contributed by atoms with E-state index in [4.69, 9.17) is 9.15 Å². The summed E-state index contributed by atoms with van der Waals surface area (Å²) in [5, 5.41) is 11.6. The number of hydrogen-bond acceptors (Lipinski definition) is 8. The molecule has 3 rings (SSSR count). The number of methoxy groups -OCH3 is 1. The van der Waals surface area contributed by atoms with Gasteiger partial charge in [0.25, 0.3) is 5.22 Å². The third kappa shape index (κ3) is 3.62. The Labute approximate surface area is 147 Å². The van der Waals surface area contributed by atoms with Crippen LogP contribution in [0, 0.1) is 13.8 Å². The number of nitrogens with one attached hydrogen (secondary N) is 1. The Kier molecular flexibility index (Phi) is 4.91. The highest BCUT2D eigenvalue weighted by molar-refractivity contribution is 7.99. The predicted octanol–water partition coefficient (Wildman–Crippen LogP) is 3.14. The molecule has 0 radical (unpaired) electrons. The lowest BCUT2D eigenvalue weighted by Gasteiger charge is -2.05.